The van der Waals surface area contributed by atoms with Crippen LogP contribution in [0.2, 0.25) is 0 Å². The number of hydrogen-bond donors (Lipinski definition) is 1. The summed E-state index contributed by atoms with van der Waals surface area (Å²) in [6.45, 7) is 10.7. The van der Waals surface area contributed by atoms with Gasteiger partial charge < -0.3 is 24.4 Å². The maximum absolute atomic E-state index is 13.2. The molecule has 1 heterocycles. The molecule has 1 aliphatic heterocycles. The summed E-state index contributed by atoms with van der Waals surface area (Å²) in [5, 5.41) is 11.2. The van der Waals surface area contributed by atoms with Gasteiger partial charge in [0.2, 0.25) is 0 Å². The Morgan fingerprint density at radius 2 is 1.59 bits per heavy atom. The summed E-state index contributed by atoms with van der Waals surface area (Å²) >= 11 is 0. The van der Waals surface area contributed by atoms with E-state index >= 15 is 0 Å². The highest BCUT2D eigenvalue weighted by atomic mass is 16.5. The van der Waals surface area contributed by atoms with Crippen molar-refractivity contribution < 1.29 is 24.2 Å². The van der Waals surface area contributed by atoms with Crippen molar-refractivity contribution >= 4 is 17.4 Å². The summed E-state index contributed by atoms with van der Waals surface area (Å²) in [6.07, 6.45) is 0.0284. The van der Waals surface area contributed by atoms with E-state index in [9.17, 15) is 14.7 Å². The SMILES string of the molecule is CCN(CC)CCN1C(=O)C(=O)/C(=C(/O)c2ccc(OC)cc2)[C@H]1c1ccc(OC(C)C)cc1. The number of carbonyl (C=O) groups is 2. The number of Topliss-reactive ketones (excluding diaryl/α,β-unsaturated/α-hetero) is 1. The van der Waals surface area contributed by atoms with Crippen molar-refractivity contribution in [3.05, 3.63) is 65.2 Å². The molecule has 1 aliphatic rings. The largest absolute Gasteiger partial charge is 0.507 e. The zero-order valence-corrected chi connectivity index (χ0v) is 20.6. The number of hydrogen-bond acceptors (Lipinski definition) is 6. The molecule has 0 radical (unpaired) electrons. The first-order valence-electron chi connectivity index (χ1n) is 11.7. The molecule has 0 aliphatic carbocycles. The molecule has 1 N–H and O–H groups in total. The second-order valence-corrected chi connectivity index (χ2v) is 8.48. The Morgan fingerprint density at radius 1 is 1.00 bits per heavy atom. The van der Waals surface area contributed by atoms with Crippen LogP contribution in [0.4, 0.5) is 0 Å². The predicted molar refractivity (Wildman–Crippen MR) is 132 cm³/mol. The van der Waals surface area contributed by atoms with Gasteiger partial charge in [0.15, 0.2) is 0 Å². The molecule has 0 spiro atoms. The number of carbonyl (C=O) groups excluding carboxylic acids is 2. The highest BCUT2D eigenvalue weighted by Gasteiger charge is 2.46. The minimum absolute atomic E-state index is 0.0284. The monoisotopic (exact) mass is 466 g/mol. The normalized spacial score (nSPS) is 17.6. The smallest absolute Gasteiger partial charge is 0.295 e. The maximum atomic E-state index is 13.2. The molecule has 2 aromatic rings. The molecular formula is C27H34N2O5. The Bertz CT molecular complexity index is 1020. The third-order valence-corrected chi connectivity index (χ3v) is 6.02. The van der Waals surface area contributed by atoms with Gasteiger partial charge in [-0.25, -0.2) is 0 Å². The van der Waals surface area contributed by atoms with Crippen LogP contribution in [0.5, 0.6) is 11.5 Å². The van der Waals surface area contributed by atoms with Crippen molar-refractivity contribution in [2.75, 3.05) is 33.3 Å². The van der Waals surface area contributed by atoms with Gasteiger partial charge in [-0.05, 0) is 68.9 Å². The number of benzene rings is 2. The van der Waals surface area contributed by atoms with Gasteiger partial charge in [0.05, 0.1) is 24.8 Å². The van der Waals surface area contributed by atoms with E-state index in [1.54, 1.807) is 36.3 Å². The minimum atomic E-state index is -0.689. The van der Waals surface area contributed by atoms with E-state index in [-0.39, 0.29) is 17.4 Å². The summed E-state index contributed by atoms with van der Waals surface area (Å²) < 4.78 is 10.9. The van der Waals surface area contributed by atoms with Gasteiger partial charge in [-0.1, -0.05) is 26.0 Å². The van der Waals surface area contributed by atoms with Gasteiger partial charge in [-0.2, -0.15) is 0 Å². The molecule has 0 saturated carbocycles. The fourth-order valence-electron chi connectivity index (χ4n) is 4.15. The first-order chi connectivity index (χ1) is 16.3. The molecule has 7 nitrogen and oxygen atoms in total. The van der Waals surface area contributed by atoms with Crippen LogP contribution in [-0.2, 0) is 9.59 Å². The van der Waals surface area contributed by atoms with Gasteiger partial charge in [0, 0.05) is 18.7 Å². The van der Waals surface area contributed by atoms with Crippen molar-refractivity contribution in [2.24, 2.45) is 0 Å². The lowest BCUT2D eigenvalue weighted by Gasteiger charge is -2.28. The molecule has 7 heteroatoms. The van der Waals surface area contributed by atoms with E-state index in [2.05, 4.69) is 18.7 Å². The maximum Gasteiger partial charge on any atom is 0.295 e. The van der Waals surface area contributed by atoms with E-state index in [1.807, 2.05) is 38.1 Å². The van der Waals surface area contributed by atoms with E-state index in [4.69, 9.17) is 9.47 Å². The summed E-state index contributed by atoms with van der Waals surface area (Å²) in [4.78, 5) is 30.0. The minimum Gasteiger partial charge on any atom is -0.507 e. The number of nitrogens with zero attached hydrogens (tertiary/aromatic N) is 2. The quantitative estimate of drug-likeness (QED) is 0.320. The van der Waals surface area contributed by atoms with Gasteiger partial charge >= 0.3 is 0 Å². The van der Waals surface area contributed by atoms with Crippen molar-refractivity contribution in [1.82, 2.24) is 9.80 Å². The van der Waals surface area contributed by atoms with Crippen molar-refractivity contribution in [1.29, 1.82) is 0 Å². The number of ether oxygens (including phenoxy) is 2. The number of methoxy groups -OCH3 is 1. The molecule has 0 aromatic heterocycles. The Labute approximate surface area is 201 Å². The average Bonchev–Trinajstić information content (AvgIpc) is 3.09. The van der Waals surface area contributed by atoms with Crippen LogP contribution in [-0.4, -0.2) is 66.0 Å². The predicted octanol–water partition coefficient (Wildman–Crippen LogP) is 4.25. The first-order valence-corrected chi connectivity index (χ1v) is 11.7. The summed E-state index contributed by atoms with van der Waals surface area (Å²) in [5.41, 5.74) is 1.28. The second-order valence-electron chi connectivity index (χ2n) is 8.48. The molecule has 1 amide bonds. The van der Waals surface area contributed by atoms with Crippen LogP contribution in [0.15, 0.2) is 54.1 Å². The topological polar surface area (TPSA) is 79.3 Å². The molecule has 1 fully saturated rings. The van der Waals surface area contributed by atoms with Crippen LogP contribution in [0, 0.1) is 0 Å². The molecule has 1 atom stereocenters. The molecule has 1 saturated heterocycles. The van der Waals surface area contributed by atoms with E-state index in [0.717, 1.165) is 18.7 Å². The molecule has 34 heavy (non-hydrogen) atoms. The summed E-state index contributed by atoms with van der Waals surface area (Å²) in [5.74, 6) is -0.142. The number of ketones is 1. The number of aliphatic hydroxyl groups excluding tert-OH is 1. The number of likely N-dealkylation sites (tertiary alicyclic amines) is 1. The van der Waals surface area contributed by atoms with E-state index < -0.39 is 17.7 Å². The highest BCUT2D eigenvalue weighted by Crippen LogP contribution is 2.40. The Balaban J connectivity index is 2.06. The Kier molecular flexibility index (Phi) is 8.34. The molecule has 0 bridgehead atoms. The van der Waals surface area contributed by atoms with Crippen LogP contribution in [0.1, 0.15) is 44.9 Å². The standard InChI is InChI=1S/C27H34N2O5/c1-6-28(7-2)16-17-29-24(19-8-14-22(15-9-19)34-18(3)4)23(26(31)27(29)32)25(30)20-10-12-21(33-5)13-11-20/h8-15,18,24,30H,6-7,16-17H2,1-5H3/b25-23+/t24-/m1/s1. The van der Waals surface area contributed by atoms with Crippen LogP contribution in [0.3, 0.4) is 0 Å². The lowest BCUT2D eigenvalue weighted by Crippen LogP contribution is -2.38. The van der Waals surface area contributed by atoms with Crippen LogP contribution < -0.4 is 9.47 Å². The molecule has 0 unspecified atom stereocenters. The number of likely N-dealkylation sites (N-methyl/N-ethyl adjacent to an activating group) is 1. The zero-order valence-electron chi connectivity index (χ0n) is 20.6. The van der Waals surface area contributed by atoms with Crippen molar-refractivity contribution in [3.8, 4) is 11.5 Å². The third-order valence-electron chi connectivity index (χ3n) is 6.02. The average molecular weight is 467 g/mol. The second kappa shape index (κ2) is 11.2. The van der Waals surface area contributed by atoms with Gasteiger partial charge in [-0.15, -0.1) is 0 Å². The molecule has 3 rings (SSSR count). The lowest BCUT2D eigenvalue weighted by atomic mass is 9.95. The number of rotatable bonds is 10. The Morgan fingerprint density at radius 3 is 2.12 bits per heavy atom. The molecule has 182 valence electrons. The molecule has 2 aromatic carbocycles. The van der Waals surface area contributed by atoms with Crippen molar-refractivity contribution in [2.45, 2.75) is 39.8 Å². The summed E-state index contributed by atoms with van der Waals surface area (Å²) in [6, 6.07) is 13.4. The first kappa shape index (κ1) is 25.3. The third kappa shape index (κ3) is 5.42. The number of aliphatic hydroxyl groups is 1. The van der Waals surface area contributed by atoms with E-state index in [0.29, 0.717) is 30.2 Å². The molecular weight excluding hydrogens is 432 g/mol. The lowest BCUT2D eigenvalue weighted by molar-refractivity contribution is -0.140. The summed E-state index contributed by atoms with van der Waals surface area (Å²) in [7, 11) is 1.56. The van der Waals surface area contributed by atoms with Gasteiger partial charge in [0.1, 0.15) is 17.3 Å². The highest BCUT2D eigenvalue weighted by molar-refractivity contribution is 6.46. The van der Waals surface area contributed by atoms with Crippen LogP contribution >= 0.6 is 0 Å². The van der Waals surface area contributed by atoms with E-state index in [1.165, 1.54) is 0 Å². The van der Waals surface area contributed by atoms with Gasteiger partial charge in [-0.3, -0.25) is 9.59 Å². The van der Waals surface area contributed by atoms with Crippen LogP contribution in [0.25, 0.3) is 5.76 Å². The fourth-order valence-corrected chi connectivity index (χ4v) is 4.15. The van der Waals surface area contributed by atoms with Gasteiger partial charge in [0.25, 0.3) is 11.7 Å². The fraction of sp³-hybridized carbons (Fsp3) is 0.407. The number of amides is 1. The Hall–Kier alpha value is -3.32. The zero-order chi connectivity index (χ0) is 24.8. The van der Waals surface area contributed by atoms with Crippen molar-refractivity contribution in [3.63, 3.8) is 0 Å².